The third kappa shape index (κ3) is 4.18. The van der Waals surface area contributed by atoms with E-state index >= 15 is 0 Å². The zero-order valence-corrected chi connectivity index (χ0v) is 13.6. The number of rotatable bonds is 6. The highest BCUT2D eigenvalue weighted by atomic mass is 16.5. The van der Waals surface area contributed by atoms with Crippen LogP contribution in [0.25, 0.3) is 0 Å². The number of methoxy groups -OCH3 is 1. The molecule has 122 valence electrons. The van der Waals surface area contributed by atoms with Gasteiger partial charge in [-0.1, -0.05) is 19.3 Å². The Labute approximate surface area is 128 Å². The molecule has 1 unspecified atom stereocenters. The van der Waals surface area contributed by atoms with Crippen LogP contribution >= 0.6 is 0 Å². The van der Waals surface area contributed by atoms with Gasteiger partial charge in [0.1, 0.15) is 0 Å². The summed E-state index contributed by atoms with van der Waals surface area (Å²) in [5.41, 5.74) is 0.208. The zero-order chi connectivity index (χ0) is 15.1. The normalized spacial score (nSPS) is 23.9. The lowest BCUT2D eigenvalue weighted by Crippen LogP contribution is -2.66. The second-order valence-corrected chi connectivity index (χ2v) is 6.47. The summed E-state index contributed by atoms with van der Waals surface area (Å²) >= 11 is 0. The molecule has 2 fully saturated rings. The van der Waals surface area contributed by atoms with Crippen LogP contribution < -0.4 is 10.6 Å². The molecule has 5 heteroatoms. The van der Waals surface area contributed by atoms with Crippen molar-refractivity contribution in [2.75, 3.05) is 39.9 Å². The fourth-order valence-corrected chi connectivity index (χ4v) is 3.85. The van der Waals surface area contributed by atoms with E-state index in [2.05, 4.69) is 22.5 Å². The first kappa shape index (κ1) is 16.7. The van der Waals surface area contributed by atoms with Crippen LogP contribution in [0.15, 0.2) is 0 Å². The topological polar surface area (TPSA) is 53.6 Å². The average Bonchev–Trinajstić information content (AvgIpc) is 2.52. The monoisotopic (exact) mass is 297 g/mol. The summed E-state index contributed by atoms with van der Waals surface area (Å²) in [5, 5.41) is 6.59. The SMILES string of the molecule is COCCCNC(=O)C(C)N1CCNCC12CCCCC2. The second kappa shape index (κ2) is 8.11. The summed E-state index contributed by atoms with van der Waals surface area (Å²) in [5.74, 6) is 0.165. The lowest BCUT2D eigenvalue weighted by molar-refractivity contribution is -0.130. The molecular formula is C16H31N3O2. The molecule has 5 nitrogen and oxygen atoms in total. The van der Waals surface area contributed by atoms with Crippen LogP contribution in [-0.4, -0.2) is 62.3 Å². The van der Waals surface area contributed by atoms with E-state index < -0.39 is 0 Å². The summed E-state index contributed by atoms with van der Waals surface area (Å²) in [7, 11) is 1.69. The molecule has 2 rings (SSSR count). The molecule has 0 aromatic rings. The van der Waals surface area contributed by atoms with E-state index in [1.165, 1.54) is 32.1 Å². The molecule has 0 aromatic heterocycles. The van der Waals surface area contributed by atoms with Crippen LogP contribution in [-0.2, 0) is 9.53 Å². The molecule has 1 heterocycles. The first-order valence-electron chi connectivity index (χ1n) is 8.44. The molecule has 2 N–H and O–H groups in total. The Bertz CT molecular complexity index is 321. The Morgan fingerprint density at radius 2 is 2.14 bits per heavy atom. The molecular weight excluding hydrogens is 266 g/mol. The molecule has 21 heavy (non-hydrogen) atoms. The van der Waals surface area contributed by atoms with Crippen molar-refractivity contribution < 1.29 is 9.53 Å². The lowest BCUT2D eigenvalue weighted by Gasteiger charge is -2.51. The summed E-state index contributed by atoms with van der Waals surface area (Å²) < 4.78 is 5.02. The van der Waals surface area contributed by atoms with Gasteiger partial charge in [-0.3, -0.25) is 9.69 Å². The Morgan fingerprint density at radius 3 is 2.86 bits per heavy atom. The fraction of sp³-hybridized carbons (Fsp3) is 0.938. The highest BCUT2D eigenvalue weighted by Crippen LogP contribution is 2.35. The van der Waals surface area contributed by atoms with Crippen molar-refractivity contribution in [3.8, 4) is 0 Å². The maximum Gasteiger partial charge on any atom is 0.237 e. The third-order valence-electron chi connectivity index (χ3n) is 5.05. The van der Waals surface area contributed by atoms with Crippen LogP contribution in [0.1, 0.15) is 45.4 Å². The molecule has 0 aromatic carbocycles. The smallest absolute Gasteiger partial charge is 0.237 e. The Morgan fingerprint density at radius 1 is 1.38 bits per heavy atom. The van der Waals surface area contributed by atoms with Gasteiger partial charge in [-0.05, 0) is 26.2 Å². The van der Waals surface area contributed by atoms with Crippen molar-refractivity contribution in [2.45, 2.75) is 57.0 Å². The number of ether oxygens (including phenoxy) is 1. The summed E-state index contributed by atoms with van der Waals surface area (Å²) in [4.78, 5) is 14.9. The van der Waals surface area contributed by atoms with E-state index in [1.54, 1.807) is 7.11 Å². The number of amides is 1. The molecule has 0 radical (unpaired) electrons. The van der Waals surface area contributed by atoms with Gasteiger partial charge < -0.3 is 15.4 Å². The highest BCUT2D eigenvalue weighted by Gasteiger charge is 2.43. The number of nitrogens with zero attached hydrogens (tertiary/aromatic N) is 1. The summed E-state index contributed by atoms with van der Waals surface area (Å²) in [6.07, 6.45) is 7.25. The molecule has 1 aliphatic carbocycles. The van der Waals surface area contributed by atoms with E-state index in [0.29, 0.717) is 13.2 Å². The first-order chi connectivity index (χ1) is 10.2. The van der Waals surface area contributed by atoms with Gasteiger partial charge in [-0.15, -0.1) is 0 Å². The van der Waals surface area contributed by atoms with Gasteiger partial charge in [0, 0.05) is 45.4 Å². The third-order valence-corrected chi connectivity index (χ3v) is 5.05. The van der Waals surface area contributed by atoms with Crippen LogP contribution in [0.3, 0.4) is 0 Å². The maximum atomic E-state index is 12.4. The number of carbonyl (C=O) groups is 1. The van der Waals surface area contributed by atoms with E-state index in [1.807, 2.05) is 0 Å². The minimum atomic E-state index is -0.0345. The summed E-state index contributed by atoms with van der Waals surface area (Å²) in [6.45, 7) is 6.47. The van der Waals surface area contributed by atoms with E-state index in [0.717, 1.165) is 26.1 Å². The Hall–Kier alpha value is -0.650. The van der Waals surface area contributed by atoms with Crippen molar-refractivity contribution in [1.29, 1.82) is 0 Å². The average molecular weight is 297 g/mol. The number of hydrogen-bond donors (Lipinski definition) is 2. The van der Waals surface area contributed by atoms with Crippen molar-refractivity contribution in [3.05, 3.63) is 0 Å². The molecule has 1 saturated heterocycles. The Balaban J connectivity index is 1.91. The predicted molar refractivity (Wildman–Crippen MR) is 84.4 cm³/mol. The van der Waals surface area contributed by atoms with Gasteiger partial charge in [0.25, 0.3) is 0 Å². The quantitative estimate of drug-likeness (QED) is 0.722. The standard InChI is InChI=1S/C16H31N3O2/c1-14(15(20)18-9-6-12-21-2)19-11-10-17-13-16(19)7-4-3-5-8-16/h14,17H,3-13H2,1-2H3,(H,18,20). The zero-order valence-electron chi connectivity index (χ0n) is 13.6. The number of nitrogens with one attached hydrogen (secondary N) is 2. The molecule has 1 spiro atoms. The lowest BCUT2D eigenvalue weighted by atomic mass is 9.78. The molecule has 2 aliphatic rings. The van der Waals surface area contributed by atoms with Gasteiger partial charge >= 0.3 is 0 Å². The van der Waals surface area contributed by atoms with Crippen molar-refractivity contribution >= 4 is 5.91 Å². The minimum Gasteiger partial charge on any atom is -0.385 e. The van der Waals surface area contributed by atoms with Gasteiger partial charge in [0.05, 0.1) is 6.04 Å². The van der Waals surface area contributed by atoms with Gasteiger partial charge in [0.2, 0.25) is 5.91 Å². The van der Waals surface area contributed by atoms with Crippen molar-refractivity contribution in [2.24, 2.45) is 0 Å². The van der Waals surface area contributed by atoms with Crippen LogP contribution in [0, 0.1) is 0 Å². The van der Waals surface area contributed by atoms with Gasteiger partial charge in [0.15, 0.2) is 0 Å². The minimum absolute atomic E-state index is 0.0345. The second-order valence-electron chi connectivity index (χ2n) is 6.47. The number of hydrogen-bond acceptors (Lipinski definition) is 4. The van der Waals surface area contributed by atoms with Crippen LogP contribution in [0.4, 0.5) is 0 Å². The molecule has 1 amide bonds. The molecule has 1 atom stereocenters. The summed E-state index contributed by atoms with van der Waals surface area (Å²) in [6, 6.07) is -0.0345. The van der Waals surface area contributed by atoms with Crippen molar-refractivity contribution in [1.82, 2.24) is 15.5 Å². The van der Waals surface area contributed by atoms with Gasteiger partial charge in [-0.25, -0.2) is 0 Å². The Kier molecular flexibility index (Phi) is 6.45. The number of piperazine rings is 1. The van der Waals surface area contributed by atoms with E-state index in [9.17, 15) is 4.79 Å². The molecule has 0 bridgehead atoms. The molecule has 1 saturated carbocycles. The van der Waals surface area contributed by atoms with E-state index in [-0.39, 0.29) is 17.5 Å². The number of carbonyl (C=O) groups excluding carboxylic acids is 1. The van der Waals surface area contributed by atoms with Crippen LogP contribution in [0.2, 0.25) is 0 Å². The molecule has 1 aliphatic heterocycles. The van der Waals surface area contributed by atoms with E-state index in [4.69, 9.17) is 4.74 Å². The van der Waals surface area contributed by atoms with Crippen LogP contribution in [0.5, 0.6) is 0 Å². The van der Waals surface area contributed by atoms with Crippen molar-refractivity contribution in [3.63, 3.8) is 0 Å². The highest BCUT2D eigenvalue weighted by molar-refractivity contribution is 5.81. The first-order valence-corrected chi connectivity index (χ1v) is 8.44. The fourth-order valence-electron chi connectivity index (χ4n) is 3.85. The van der Waals surface area contributed by atoms with Gasteiger partial charge in [-0.2, -0.15) is 0 Å². The largest absolute Gasteiger partial charge is 0.385 e. The predicted octanol–water partition coefficient (Wildman–Crippen LogP) is 1.14. The maximum absolute atomic E-state index is 12.4.